The topological polar surface area (TPSA) is 60.5 Å². The molecule has 1 amide bonds. The number of benzene rings is 2. The zero-order valence-corrected chi connectivity index (χ0v) is 16.1. The molecule has 1 N–H and O–H groups in total. The number of ether oxygens (including phenoxy) is 2. The normalized spacial score (nSPS) is 10.5. The number of hydrogen-bond donors (Lipinski definition) is 1. The summed E-state index contributed by atoms with van der Waals surface area (Å²) in [6, 6.07) is 12.5. The molecule has 0 unspecified atom stereocenters. The van der Waals surface area contributed by atoms with Gasteiger partial charge in [-0.05, 0) is 49.4 Å². The number of carbonyl (C=O) groups excluding carboxylic acids is 1. The van der Waals surface area contributed by atoms with Crippen molar-refractivity contribution in [3.8, 4) is 22.8 Å². The van der Waals surface area contributed by atoms with Crippen LogP contribution in [0.4, 0.5) is 5.13 Å². The van der Waals surface area contributed by atoms with Gasteiger partial charge in [-0.3, -0.25) is 10.1 Å². The lowest BCUT2D eigenvalue weighted by Crippen LogP contribution is -2.13. The number of aryl methyl sites for hydroxylation is 1. The maximum Gasteiger partial charge on any atom is 0.261 e. The summed E-state index contributed by atoms with van der Waals surface area (Å²) in [6.07, 6.45) is 0. The van der Waals surface area contributed by atoms with E-state index in [4.69, 9.17) is 21.1 Å². The first-order valence-electron chi connectivity index (χ1n) is 7.78. The second kappa shape index (κ2) is 7.76. The van der Waals surface area contributed by atoms with Crippen LogP contribution >= 0.6 is 22.9 Å². The molecule has 7 heteroatoms. The van der Waals surface area contributed by atoms with E-state index in [-0.39, 0.29) is 5.91 Å². The molecule has 1 heterocycles. The van der Waals surface area contributed by atoms with Gasteiger partial charge in [-0.15, -0.1) is 11.3 Å². The Labute approximate surface area is 160 Å². The van der Waals surface area contributed by atoms with Crippen molar-refractivity contribution in [2.24, 2.45) is 0 Å². The fourth-order valence-corrected chi connectivity index (χ4v) is 3.49. The van der Waals surface area contributed by atoms with Crippen LogP contribution in [0.5, 0.6) is 11.5 Å². The Bertz CT molecular complexity index is 938. The molecule has 0 saturated heterocycles. The first-order chi connectivity index (χ1) is 12.5. The van der Waals surface area contributed by atoms with E-state index in [2.05, 4.69) is 10.3 Å². The standard InChI is InChI=1S/C19H17ClN2O3S/c1-11-17(12-4-7-14(24-2)8-5-12)21-19(26-11)22-18(23)15-10-13(20)6-9-16(15)25-3/h4-10H,1-3H3,(H,21,22,23). The van der Waals surface area contributed by atoms with Gasteiger partial charge in [-0.25, -0.2) is 4.98 Å². The molecule has 134 valence electrons. The number of carbonyl (C=O) groups is 1. The van der Waals surface area contributed by atoms with Crippen molar-refractivity contribution in [3.05, 3.63) is 57.9 Å². The number of aromatic nitrogens is 1. The number of methoxy groups -OCH3 is 2. The van der Waals surface area contributed by atoms with E-state index >= 15 is 0 Å². The van der Waals surface area contributed by atoms with Crippen molar-refractivity contribution in [2.75, 3.05) is 19.5 Å². The fraction of sp³-hybridized carbons (Fsp3) is 0.158. The summed E-state index contributed by atoms with van der Waals surface area (Å²) in [5.41, 5.74) is 2.14. The summed E-state index contributed by atoms with van der Waals surface area (Å²) in [5.74, 6) is 0.915. The molecule has 0 saturated carbocycles. The molecular weight excluding hydrogens is 372 g/mol. The van der Waals surface area contributed by atoms with E-state index in [9.17, 15) is 4.79 Å². The van der Waals surface area contributed by atoms with Gasteiger partial charge in [0.2, 0.25) is 0 Å². The maximum absolute atomic E-state index is 12.6. The highest BCUT2D eigenvalue weighted by Crippen LogP contribution is 2.32. The van der Waals surface area contributed by atoms with Gasteiger partial charge >= 0.3 is 0 Å². The molecule has 0 bridgehead atoms. The first kappa shape index (κ1) is 18.2. The van der Waals surface area contributed by atoms with Crippen LogP contribution < -0.4 is 14.8 Å². The molecule has 0 atom stereocenters. The van der Waals surface area contributed by atoms with Gasteiger partial charge in [0, 0.05) is 15.5 Å². The Morgan fingerprint density at radius 1 is 1.12 bits per heavy atom. The second-order valence-electron chi connectivity index (χ2n) is 5.45. The van der Waals surface area contributed by atoms with Crippen molar-refractivity contribution < 1.29 is 14.3 Å². The van der Waals surface area contributed by atoms with Crippen LogP contribution in [0, 0.1) is 6.92 Å². The number of halogens is 1. The minimum atomic E-state index is -0.320. The predicted octanol–water partition coefficient (Wildman–Crippen LogP) is 5.04. The number of nitrogens with zero attached hydrogens (tertiary/aromatic N) is 1. The number of anilines is 1. The number of hydrogen-bond acceptors (Lipinski definition) is 5. The van der Waals surface area contributed by atoms with Gasteiger partial charge in [-0.2, -0.15) is 0 Å². The maximum atomic E-state index is 12.6. The molecule has 1 aromatic heterocycles. The SMILES string of the molecule is COc1ccc(-c2nc(NC(=O)c3cc(Cl)ccc3OC)sc2C)cc1. The lowest BCUT2D eigenvalue weighted by molar-refractivity contribution is 0.102. The van der Waals surface area contributed by atoms with E-state index in [0.717, 1.165) is 21.9 Å². The van der Waals surface area contributed by atoms with E-state index in [0.29, 0.717) is 21.5 Å². The van der Waals surface area contributed by atoms with E-state index in [1.807, 2.05) is 31.2 Å². The summed E-state index contributed by atoms with van der Waals surface area (Å²) in [6.45, 7) is 1.97. The van der Waals surface area contributed by atoms with Crippen molar-refractivity contribution in [1.29, 1.82) is 0 Å². The van der Waals surface area contributed by atoms with Crippen LogP contribution in [0.1, 0.15) is 15.2 Å². The lowest BCUT2D eigenvalue weighted by atomic mass is 10.1. The largest absolute Gasteiger partial charge is 0.497 e. The lowest BCUT2D eigenvalue weighted by Gasteiger charge is -2.08. The molecule has 0 aliphatic heterocycles. The minimum Gasteiger partial charge on any atom is -0.497 e. The summed E-state index contributed by atoms with van der Waals surface area (Å²) < 4.78 is 10.4. The quantitative estimate of drug-likeness (QED) is 0.665. The molecule has 3 aromatic rings. The third-order valence-electron chi connectivity index (χ3n) is 3.79. The number of nitrogens with one attached hydrogen (secondary N) is 1. The summed E-state index contributed by atoms with van der Waals surface area (Å²) in [4.78, 5) is 18.1. The Hall–Kier alpha value is -2.57. The zero-order chi connectivity index (χ0) is 18.7. The third-order valence-corrected chi connectivity index (χ3v) is 4.91. The molecular formula is C19H17ClN2O3S. The van der Waals surface area contributed by atoms with Crippen LogP contribution in [-0.2, 0) is 0 Å². The van der Waals surface area contributed by atoms with Crippen molar-refractivity contribution in [3.63, 3.8) is 0 Å². The fourth-order valence-electron chi connectivity index (χ4n) is 2.49. The average molecular weight is 389 g/mol. The Morgan fingerprint density at radius 2 is 1.85 bits per heavy atom. The molecule has 2 aromatic carbocycles. The highest BCUT2D eigenvalue weighted by molar-refractivity contribution is 7.16. The number of thiazole rings is 1. The van der Waals surface area contributed by atoms with Crippen LogP contribution in [0.3, 0.4) is 0 Å². The highest BCUT2D eigenvalue weighted by Gasteiger charge is 2.16. The average Bonchev–Trinajstić information content (AvgIpc) is 3.01. The molecule has 0 spiro atoms. The molecule has 26 heavy (non-hydrogen) atoms. The highest BCUT2D eigenvalue weighted by atomic mass is 35.5. The van der Waals surface area contributed by atoms with Crippen LogP contribution in [0.25, 0.3) is 11.3 Å². The molecule has 0 aliphatic rings. The third kappa shape index (κ3) is 3.81. The van der Waals surface area contributed by atoms with Crippen molar-refractivity contribution in [1.82, 2.24) is 4.98 Å². The summed E-state index contributed by atoms with van der Waals surface area (Å²) in [5, 5.41) is 3.80. The van der Waals surface area contributed by atoms with Crippen LogP contribution in [0.2, 0.25) is 5.02 Å². The minimum absolute atomic E-state index is 0.320. The Morgan fingerprint density at radius 3 is 2.50 bits per heavy atom. The van der Waals surface area contributed by atoms with Crippen LogP contribution in [0.15, 0.2) is 42.5 Å². The Balaban J connectivity index is 1.85. The number of rotatable bonds is 5. The zero-order valence-electron chi connectivity index (χ0n) is 14.5. The van der Waals surface area contributed by atoms with Crippen LogP contribution in [-0.4, -0.2) is 25.1 Å². The van der Waals surface area contributed by atoms with Gasteiger partial charge in [0.15, 0.2) is 5.13 Å². The monoisotopic (exact) mass is 388 g/mol. The number of amides is 1. The second-order valence-corrected chi connectivity index (χ2v) is 7.09. The van der Waals surface area contributed by atoms with E-state index < -0.39 is 0 Å². The van der Waals surface area contributed by atoms with Gasteiger partial charge in [0.1, 0.15) is 11.5 Å². The van der Waals surface area contributed by atoms with Gasteiger partial charge in [-0.1, -0.05) is 11.6 Å². The summed E-state index contributed by atoms with van der Waals surface area (Å²) in [7, 11) is 3.14. The summed E-state index contributed by atoms with van der Waals surface area (Å²) >= 11 is 7.41. The van der Waals surface area contributed by atoms with Gasteiger partial charge in [0.05, 0.1) is 25.5 Å². The van der Waals surface area contributed by atoms with E-state index in [1.54, 1.807) is 25.3 Å². The van der Waals surface area contributed by atoms with Gasteiger partial charge < -0.3 is 9.47 Å². The predicted molar refractivity (Wildman–Crippen MR) is 105 cm³/mol. The van der Waals surface area contributed by atoms with Gasteiger partial charge in [0.25, 0.3) is 5.91 Å². The molecule has 5 nitrogen and oxygen atoms in total. The molecule has 0 fully saturated rings. The molecule has 0 radical (unpaired) electrons. The first-order valence-corrected chi connectivity index (χ1v) is 8.98. The van der Waals surface area contributed by atoms with E-state index in [1.165, 1.54) is 18.4 Å². The Kier molecular flexibility index (Phi) is 5.44. The molecule has 3 rings (SSSR count). The van der Waals surface area contributed by atoms with Crippen molar-refractivity contribution >= 4 is 34.0 Å². The molecule has 0 aliphatic carbocycles. The van der Waals surface area contributed by atoms with Crippen molar-refractivity contribution in [2.45, 2.75) is 6.92 Å². The smallest absolute Gasteiger partial charge is 0.261 e.